The van der Waals surface area contributed by atoms with Crippen LogP contribution < -0.4 is 10.2 Å². The summed E-state index contributed by atoms with van der Waals surface area (Å²) in [6.45, 7) is 6.42. The average molecular weight is 342 g/mol. The number of aryl methyl sites for hydroxylation is 2. The number of hydrogen-bond donors (Lipinski definition) is 1. The number of hydrogen-bond acceptors (Lipinski definition) is 3. The molecule has 5 heteroatoms. The van der Waals surface area contributed by atoms with Gasteiger partial charge in [0.2, 0.25) is 11.8 Å². The Kier molecular flexibility index (Phi) is 6.81. The van der Waals surface area contributed by atoms with Gasteiger partial charge in [0.05, 0.1) is 12.8 Å². The molecule has 1 aromatic heterocycles. The van der Waals surface area contributed by atoms with Crippen molar-refractivity contribution in [2.24, 2.45) is 0 Å². The normalized spacial score (nSPS) is 10.5. The molecule has 0 radical (unpaired) electrons. The van der Waals surface area contributed by atoms with E-state index in [1.807, 2.05) is 24.3 Å². The van der Waals surface area contributed by atoms with E-state index in [0.29, 0.717) is 18.8 Å². The number of para-hydroxylation sites is 1. The molecule has 2 aromatic rings. The molecule has 0 aliphatic heterocycles. The zero-order chi connectivity index (χ0) is 18.2. The van der Waals surface area contributed by atoms with E-state index in [1.54, 1.807) is 24.2 Å². The molecule has 2 rings (SSSR count). The van der Waals surface area contributed by atoms with Gasteiger partial charge in [-0.2, -0.15) is 0 Å². The van der Waals surface area contributed by atoms with Gasteiger partial charge in [-0.15, -0.1) is 0 Å². The van der Waals surface area contributed by atoms with Gasteiger partial charge in [-0.3, -0.25) is 9.59 Å². The van der Waals surface area contributed by atoms with Gasteiger partial charge in [-0.25, -0.2) is 0 Å². The quantitative estimate of drug-likeness (QED) is 0.799. The highest BCUT2D eigenvalue weighted by atomic mass is 16.3. The first-order chi connectivity index (χ1) is 12.1. The molecule has 0 saturated carbocycles. The van der Waals surface area contributed by atoms with E-state index in [9.17, 15) is 9.59 Å². The fraction of sp³-hybridized carbons (Fsp3) is 0.400. The molecule has 0 aliphatic rings. The molecule has 25 heavy (non-hydrogen) atoms. The summed E-state index contributed by atoms with van der Waals surface area (Å²) in [7, 11) is 0. The summed E-state index contributed by atoms with van der Waals surface area (Å²) >= 11 is 0. The first-order valence-electron chi connectivity index (χ1n) is 8.74. The van der Waals surface area contributed by atoms with Gasteiger partial charge in [-0.05, 0) is 36.1 Å². The van der Waals surface area contributed by atoms with E-state index in [4.69, 9.17) is 4.42 Å². The van der Waals surface area contributed by atoms with Crippen LogP contribution >= 0.6 is 0 Å². The summed E-state index contributed by atoms with van der Waals surface area (Å²) in [6, 6.07) is 9.71. The van der Waals surface area contributed by atoms with Crippen LogP contribution in [0.5, 0.6) is 0 Å². The van der Waals surface area contributed by atoms with Gasteiger partial charge < -0.3 is 14.6 Å². The minimum atomic E-state index is -0.102. The second kappa shape index (κ2) is 9.06. The molecule has 134 valence electrons. The van der Waals surface area contributed by atoms with Gasteiger partial charge in [-0.1, -0.05) is 32.0 Å². The number of carbonyl (C=O) groups is 2. The highest BCUT2D eigenvalue weighted by molar-refractivity contribution is 5.94. The molecule has 0 bridgehead atoms. The molecular weight excluding hydrogens is 316 g/mol. The molecule has 1 heterocycles. The highest BCUT2D eigenvalue weighted by Crippen LogP contribution is 2.27. The van der Waals surface area contributed by atoms with Crippen LogP contribution in [0.1, 0.15) is 44.1 Å². The van der Waals surface area contributed by atoms with E-state index in [2.05, 4.69) is 19.2 Å². The fourth-order valence-electron chi connectivity index (χ4n) is 2.89. The summed E-state index contributed by atoms with van der Waals surface area (Å²) in [5.41, 5.74) is 3.22. The van der Waals surface area contributed by atoms with E-state index in [1.165, 1.54) is 0 Å². The van der Waals surface area contributed by atoms with Crippen molar-refractivity contribution in [3.8, 4) is 0 Å². The Morgan fingerprint density at radius 2 is 1.76 bits per heavy atom. The summed E-state index contributed by atoms with van der Waals surface area (Å²) in [5.74, 6) is 0.561. The zero-order valence-corrected chi connectivity index (χ0v) is 15.2. The molecule has 2 amide bonds. The number of rotatable bonds is 8. The Balaban J connectivity index is 2.06. The van der Waals surface area contributed by atoms with Crippen LogP contribution in [0, 0.1) is 0 Å². The van der Waals surface area contributed by atoms with E-state index in [-0.39, 0.29) is 18.2 Å². The second-order valence-corrected chi connectivity index (χ2v) is 5.91. The van der Waals surface area contributed by atoms with Crippen LogP contribution in [0.15, 0.2) is 41.0 Å². The molecule has 1 N–H and O–H groups in total. The lowest BCUT2D eigenvalue weighted by molar-refractivity contribution is -0.121. The summed E-state index contributed by atoms with van der Waals surface area (Å²) in [4.78, 5) is 26.1. The number of nitrogens with one attached hydrogen (secondary N) is 1. The third-order valence-corrected chi connectivity index (χ3v) is 4.22. The molecular formula is C20H26N2O3. The molecule has 0 unspecified atom stereocenters. The topological polar surface area (TPSA) is 62.6 Å². The number of nitrogens with zero attached hydrogens (tertiary/aromatic N) is 1. The maximum absolute atomic E-state index is 12.2. The predicted octanol–water partition coefficient (Wildman–Crippen LogP) is 3.46. The van der Waals surface area contributed by atoms with Crippen molar-refractivity contribution < 1.29 is 14.0 Å². The monoisotopic (exact) mass is 342 g/mol. The Morgan fingerprint density at radius 1 is 1.08 bits per heavy atom. The van der Waals surface area contributed by atoms with Crippen molar-refractivity contribution in [1.82, 2.24) is 5.32 Å². The Hall–Kier alpha value is -2.56. The molecule has 0 atom stereocenters. The molecule has 0 fully saturated rings. The number of amides is 2. The predicted molar refractivity (Wildman–Crippen MR) is 98.4 cm³/mol. The van der Waals surface area contributed by atoms with Gasteiger partial charge in [0.15, 0.2) is 0 Å². The number of furan rings is 1. The van der Waals surface area contributed by atoms with Crippen LogP contribution in [0.4, 0.5) is 5.69 Å². The van der Waals surface area contributed by atoms with Gasteiger partial charge in [0, 0.05) is 25.6 Å². The van der Waals surface area contributed by atoms with Crippen LogP contribution in [0.2, 0.25) is 0 Å². The lowest BCUT2D eigenvalue weighted by Crippen LogP contribution is -2.35. The van der Waals surface area contributed by atoms with Crippen molar-refractivity contribution in [1.29, 1.82) is 0 Å². The Labute approximate surface area is 149 Å². The zero-order valence-electron chi connectivity index (χ0n) is 15.2. The summed E-state index contributed by atoms with van der Waals surface area (Å²) < 4.78 is 5.20. The van der Waals surface area contributed by atoms with Crippen molar-refractivity contribution >= 4 is 17.5 Å². The average Bonchev–Trinajstić information content (AvgIpc) is 3.13. The van der Waals surface area contributed by atoms with Crippen molar-refractivity contribution in [3.05, 3.63) is 53.5 Å². The largest absolute Gasteiger partial charge is 0.467 e. The second-order valence-electron chi connectivity index (χ2n) is 5.91. The Morgan fingerprint density at radius 3 is 2.28 bits per heavy atom. The molecule has 5 nitrogen and oxygen atoms in total. The van der Waals surface area contributed by atoms with Crippen LogP contribution in [-0.2, 0) is 29.0 Å². The van der Waals surface area contributed by atoms with Gasteiger partial charge >= 0.3 is 0 Å². The Bertz CT molecular complexity index is 685. The lowest BCUT2D eigenvalue weighted by Gasteiger charge is -2.26. The maximum Gasteiger partial charge on any atom is 0.223 e. The number of anilines is 1. The summed E-state index contributed by atoms with van der Waals surface area (Å²) in [6.07, 6.45) is 3.52. The first-order valence-corrected chi connectivity index (χ1v) is 8.74. The van der Waals surface area contributed by atoms with Crippen molar-refractivity contribution in [3.63, 3.8) is 0 Å². The first kappa shape index (κ1) is 18.8. The van der Waals surface area contributed by atoms with Crippen molar-refractivity contribution in [2.45, 2.75) is 46.6 Å². The molecule has 0 saturated heterocycles. The van der Waals surface area contributed by atoms with Crippen LogP contribution in [0.25, 0.3) is 0 Å². The van der Waals surface area contributed by atoms with Crippen molar-refractivity contribution in [2.75, 3.05) is 11.4 Å². The third kappa shape index (κ3) is 4.95. The van der Waals surface area contributed by atoms with Crippen LogP contribution in [0.3, 0.4) is 0 Å². The van der Waals surface area contributed by atoms with Crippen LogP contribution in [-0.4, -0.2) is 18.4 Å². The van der Waals surface area contributed by atoms with Gasteiger partial charge in [0.1, 0.15) is 5.76 Å². The SMILES string of the molecule is CCc1cccc(CC)c1N(CCC(=O)NCc1ccco1)C(C)=O. The minimum absolute atomic E-state index is 0.0468. The van der Waals surface area contributed by atoms with Gasteiger partial charge in [0.25, 0.3) is 0 Å². The molecule has 0 spiro atoms. The number of benzene rings is 1. The minimum Gasteiger partial charge on any atom is -0.467 e. The van der Waals surface area contributed by atoms with E-state index >= 15 is 0 Å². The fourth-order valence-corrected chi connectivity index (χ4v) is 2.89. The highest BCUT2D eigenvalue weighted by Gasteiger charge is 2.19. The van der Waals surface area contributed by atoms with E-state index < -0.39 is 0 Å². The number of carbonyl (C=O) groups excluding carboxylic acids is 2. The molecule has 0 aliphatic carbocycles. The maximum atomic E-state index is 12.2. The smallest absolute Gasteiger partial charge is 0.223 e. The third-order valence-electron chi connectivity index (χ3n) is 4.22. The molecule has 1 aromatic carbocycles. The van der Waals surface area contributed by atoms with E-state index in [0.717, 1.165) is 29.7 Å². The lowest BCUT2D eigenvalue weighted by atomic mass is 10.0. The standard InChI is InChI=1S/C20H26N2O3/c1-4-16-8-6-9-17(5-2)20(16)22(15(3)23)12-11-19(24)21-14-18-10-7-13-25-18/h6-10,13H,4-5,11-12,14H2,1-3H3,(H,21,24). The summed E-state index contributed by atoms with van der Waals surface area (Å²) in [5, 5.41) is 2.82.